The van der Waals surface area contributed by atoms with Crippen LogP contribution in [-0.2, 0) is 9.59 Å². The summed E-state index contributed by atoms with van der Waals surface area (Å²) >= 11 is 0. The zero-order valence-electron chi connectivity index (χ0n) is 13.8. The van der Waals surface area contributed by atoms with Crippen molar-refractivity contribution in [1.29, 1.82) is 0 Å². The molecule has 4 heteroatoms. The zero-order valence-corrected chi connectivity index (χ0v) is 13.8. The van der Waals surface area contributed by atoms with E-state index in [2.05, 4.69) is 12.2 Å². The van der Waals surface area contributed by atoms with Crippen molar-refractivity contribution in [1.82, 2.24) is 10.2 Å². The highest BCUT2D eigenvalue weighted by Crippen LogP contribution is 2.35. The van der Waals surface area contributed by atoms with Crippen molar-refractivity contribution in [3.63, 3.8) is 0 Å². The highest BCUT2D eigenvalue weighted by molar-refractivity contribution is 5.84. The van der Waals surface area contributed by atoms with Gasteiger partial charge in [0, 0.05) is 20.0 Å². The van der Waals surface area contributed by atoms with Gasteiger partial charge in [-0.15, -0.1) is 0 Å². The molecule has 0 aliphatic carbocycles. The number of hydrogen-bond acceptors (Lipinski definition) is 2. The minimum atomic E-state index is -0.165. The largest absolute Gasteiger partial charge is 0.356 e. The molecule has 1 fully saturated rings. The number of rotatable bonds is 5. The lowest BCUT2D eigenvalue weighted by molar-refractivity contribution is -0.141. The molecule has 2 rings (SSSR count). The Balaban J connectivity index is 2.20. The molecule has 1 N–H and O–H groups in total. The summed E-state index contributed by atoms with van der Waals surface area (Å²) in [6, 6.07) is 7.97. The van der Waals surface area contributed by atoms with Crippen LogP contribution in [0.3, 0.4) is 0 Å². The zero-order chi connectivity index (χ0) is 16.1. The SMILES string of the molecule is CCCCNC(=O)C1CCC(=O)N(C)C1c1ccc(C)cc1. The minimum absolute atomic E-state index is 0.0679. The summed E-state index contributed by atoms with van der Waals surface area (Å²) < 4.78 is 0. The summed E-state index contributed by atoms with van der Waals surface area (Å²) in [5.41, 5.74) is 2.22. The molecule has 0 radical (unpaired) electrons. The molecular weight excluding hydrogens is 276 g/mol. The molecule has 0 spiro atoms. The molecule has 2 unspecified atom stereocenters. The van der Waals surface area contributed by atoms with E-state index < -0.39 is 0 Å². The first-order valence-electron chi connectivity index (χ1n) is 8.14. The molecule has 1 heterocycles. The predicted octanol–water partition coefficient (Wildman–Crippen LogP) is 2.82. The Bertz CT molecular complexity index is 524. The van der Waals surface area contributed by atoms with Gasteiger partial charge in [0.15, 0.2) is 0 Å². The van der Waals surface area contributed by atoms with Gasteiger partial charge in [-0.2, -0.15) is 0 Å². The summed E-state index contributed by atoms with van der Waals surface area (Å²) in [4.78, 5) is 26.3. The second kappa shape index (κ2) is 7.43. The molecule has 4 nitrogen and oxygen atoms in total. The monoisotopic (exact) mass is 302 g/mol. The summed E-state index contributed by atoms with van der Waals surface area (Å²) in [5, 5.41) is 3.02. The first-order valence-corrected chi connectivity index (χ1v) is 8.14. The normalized spacial score (nSPS) is 21.8. The predicted molar refractivity (Wildman–Crippen MR) is 87.3 cm³/mol. The van der Waals surface area contributed by atoms with Crippen molar-refractivity contribution in [3.8, 4) is 0 Å². The standard InChI is InChI=1S/C18H26N2O2/c1-4-5-12-19-18(22)15-10-11-16(21)20(3)17(15)14-8-6-13(2)7-9-14/h6-9,15,17H,4-5,10-12H2,1-3H3,(H,19,22). The lowest BCUT2D eigenvalue weighted by Gasteiger charge is -2.38. The van der Waals surface area contributed by atoms with Crippen molar-refractivity contribution in [2.75, 3.05) is 13.6 Å². The second-order valence-corrected chi connectivity index (χ2v) is 6.15. The van der Waals surface area contributed by atoms with Crippen LogP contribution in [-0.4, -0.2) is 30.3 Å². The molecule has 1 aromatic carbocycles. The van der Waals surface area contributed by atoms with Crippen LogP contribution in [0.15, 0.2) is 24.3 Å². The fraction of sp³-hybridized carbons (Fsp3) is 0.556. The molecular formula is C18H26N2O2. The van der Waals surface area contributed by atoms with E-state index in [4.69, 9.17) is 0 Å². The van der Waals surface area contributed by atoms with Gasteiger partial charge in [0.2, 0.25) is 11.8 Å². The van der Waals surface area contributed by atoms with Crippen molar-refractivity contribution in [2.45, 2.75) is 45.6 Å². The third kappa shape index (κ3) is 3.67. The number of nitrogens with one attached hydrogen (secondary N) is 1. The number of likely N-dealkylation sites (tertiary alicyclic amines) is 1. The van der Waals surface area contributed by atoms with Crippen LogP contribution in [0.5, 0.6) is 0 Å². The van der Waals surface area contributed by atoms with Gasteiger partial charge < -0.3 is 10.2 Å². The molecule has 1 aliphatic heterocycles. The molecule has 1 aromatic rings. The van der Waals surface area contributed by atoms with E-state index in [9.17, 15) is 9.59 Å². The van der Waals surface area contributed by atoms with E-state index in [1.54, 1.807) is 11.9 Å². The fourth-order valence-electron chi connectivity index (χ4n) is 3.05. The Kier molecular flexibility index (Phi) is 5.58. The maximum Gasteiger partial charge on any atom is 0.225 e. The van der Waals surface area contributed by atoms with Gasteiger partial charge in [0.05, 0.1) is 12.0 Å². The van der Waals surface area contributed by atoms with Crippen LogP contribution in [0, 0.1) is 12.8 Å². The number of amides is 2. The highest BCUT2D eigenvalue weighted by Gasteiger charge is 2.38. The smallest absolute Gasteiger partial charge is 0.225 e. The van der Waals surface area contributed by atoms with Gasteiger partial charge >= 0.3 is 0 Å². The number of piperidine rings is 1. The third-order valence-corrected chi connectivity index (χ3v) is 4.45. The maximum atomic E-state index is 12.5. The minimum Gasteiger partial charge on any atom is -0.356 e. The Labute approximate surface area is 132 Å². The van der Waals surface area contributed by atoms with E-state index in [0.717, 1.165) is 18.4 Å². The van der Waals surface area contributed by atoms with Gasteiger partial charge in [-0.3, -0.25) is 9.59 Å². The Hall–Kier alpha value is -1.84. The number of benzene rings is 1. The van der Waals surface area contributed by atoms with Gasteiger partial charge in [-0.05, 0) is 25.3 Å². The topological polar surface area (TPSA) is 49.4 Å². The van der Waals surface area contributed by atoms with E-state index in [1.807, 2.05) is 31.2 Å². The quantitative estimate of drug-likeness (QED) is 0.850. The molecule has 0 bridgehead atoms. The van der Waals surface area contributed by atoms with Crippen molar-refractivity contribution < 1.29 is 9.59 Å². The molecule has 2 amide bonds. The van der Waals surface area contributed by atoms with Gasteiger partial charge in [-0.1, -0.05) is 43.2 Å². The summed E-state index contributed by atoms with van der Waals surface area (Å²) in [7, 11) is 1.80. The maximum absolute atomic E-state index is 12.5. The van der Waals surface area contributed by atoms with E-state index >= 15 is 0 Å². The first-order chi connectivity index (χ1) is 10.5. The van der Waals surface area contributed by atoms with Gasteiger partial charge in [-0.25, -0.2) is 0 Å². The molecule has 0 saturated carbocycles. The van der Waals surface area contributed by atoms with Gasteiger partial charge in [0.25, 0.3) is 0 Å². The number of aryl methyl sites for hydroxylation is 1. The first kappa shape index (κ1) is 16.5. The Morgan fingerprint density at radius 3 is 2.64 bits per heavy atom. The van der Waals surface area contributed by atoms with Crippen LogP contribution in [0.25, 0.3) is 0 Å². The molecule has 120 valence electrons. The van der Waals surface area contributed by atoms with Crippen LogP contribution in [0.2, 0.25) is 0 Å². The molecule has 2 atom stereocenters. The lowest BCUT2D eigenvalue weighted by atomic mass is 9.83. The van der Waals surface area contributed by atoms with Crippen LogP contribution in [0.1, 0.15) is 49.8 Å². The highest BCUT2D eigenvalue weighted by atomic mass is 16.2. The van der Waals surface area contributed by atoms with E-state index in [1.165, 1.54) is 5.56 Å². The lowest BCUT2D eigenvalue weighted by Crippen LogP contribution is -2.46. The average molecular weight is 302 g/mol. The summed E-state index contributed by atoms with van der Waals surface area (Å²) in [6.45, 7) is 4.85. The van der Waals surface area contributed by atoms with Crippen molar-refractivity contribution >= 4 is 11.8 Å². The van der Waals surface area contributed by atoms with Crippen molar-refractivity contribution in [2.24, 2.45) is 5.92 Å². The van der Waals surface area contributed by atoms with Gasteiger partial charge in [0.1, 0.15) is 0 Å². The van der Waals surface area contributed by atoms with E-state index in [0.29, 0.717) is 19.4 Å². The summed E-state index contributed by atoms with van der Waals surface area (Å²) in [5.74, 6) is 0.0174. The van der Waals surface area contributed by atoms with Crippen LogP contribution in [0.4, 0.5) is 0 Å². The third-order valence-electron chi connectivity index (χ3n) is 4.45. The molecule has 0 aromatic heterocycles. The molecule has 1 saturated heterocycles. The van der Waals surface area contributed by atoms with E-state index in [-0.39, 0.29) is 23.8 Å². The van der Waals surface area contributed by atoms with Crippen molar-refractivity contribution in [3.05, 3.63) is 35.4 Å². The van der Waals surface area contributed by atoms with Crippen LogP contribution >= 0.6 is 0 Å². The molecule has 22 heavy (non-hydrogen) atoms. The Morgan fingerprint density at radius 1 is 1.32 bits per heavy atom. The Morgan fingerprint density at radius 2 is 2.00 bits per heavy atom. The molecule has 1 aliphatic rings. The second-order valence-electron chi connectivity index (χ2n) is 6.15. The number of carbonyl (C=O) groups is 2. The summed E-state index contributed by atoms with van der Waals surface area (Å²) in [6.07, 6.45) is 3.12. The number of carbonyl (C=O) groups excluding carboxylic acids is 2. The number of nitrogens with zero attached hydrogens (tertiary/aromatic N) is 1. The average Bonchev–Trinajstić information content (AvgIpc) is 2.51. The fourth-order valence-corrected chi connectivity index (χ4v) is 3.05. The number of hydrogen-bond donors (Lipinski definition) is 1. The van der Waals surface area contributed by atoms with Crippen LogP contribution < -0.4 is 5.32 Å². The number of unbranched alkanes of at least 4 members (excludes halogenated alkanes) is 1.